The van der Waals surface area contributed by atoms with Crippen LogP contribution < -0.4 is 0 Å². The van der Waals surface area contributed by atoms with Gasteiger partial charge in [-0.15, -0.1) is 0 Å². The summed E-state index contributed by atoms with van der Waals surface area (Å²) in [6.45, 7) is 6.30. The molecule has 0 saturated carbocycles. The normalized spacial score (nSPS) is 13.3. The zero-order valence-electron chi connectivity index (χ0n) is 47.3. The first kappa shape index (κ1) is 69.0. The molecule has 1 atom stereocenters. The predicted octanol–water partition coefficient (Wildman–Crippen LogP) is 20.1. The Hall–Kier alpha value is -4.97. The zero-order valence-corrected chi connectivity index (χ0v) is 47.3. The van der Waals surface area contributed by atoms with Crippen molar-refractivity contribution in [2.45, 2.75) is 239 Å². The summed E-state index contributed by atoms with van der Waals surface area (Å²) in [5, 5.41) is 0. The Balaban J connectivity index is 4.59. The molecule has 6 nitrogen and oxygen atoms in total. The van der Waals surface area contributed by atoms with Crippen molar-refractivity contribution >= 4 is 17.9 Å². The van der Waals surface area contributed by atoms with Gasteiger partial charge in [-0.25, -0.2) is 0 Å². The molecule has 0 fully saturated rings. The van der Waals surface area contributed by atoms with E-state index in [9.17, 15) is 14.4 Å². The molecule has 0 aliphatic heterocycles. The Labute approximate surface area is 454 Å². The zero-order chi connectivity index (χ0) is 53.6. The molecule has 0 bridgehead atoms. The highest BCUT2D eigenvalue weighted by Crippen LogP contribution is 2.12. The number of carbonyl (C=O) groups is 3. The first-order valence-corrected chi connectivity index (χ1v) is 29.5. The second-order valence-corrected chi connectivity index (χ2v) is 18.8. The molecule has 74 heavy (non-hydrogen) atoms. The van der Waals surface area contributed by atoms with Crippen LogP contribution in [0.25, 0.3) is 0 Å². The van der Waals surface area contributed by atoms with Crippen molar-refractivity contribution in [2.75, 3.05) is 13.2 Å². The Kier molecular flexibility index (Phi) is 56.5. The molecule has 0 N–H and O–H groups in total. The molecule has 0 aromatic carbocycles. The fraction of sp³-hybridized carbons (Fsp3) is 0.574. The molecule has 0 saturated heterocycles. The van der Waals surface area contributed by atoms with E-state index in [-0.39, 0.29) is 44.0 Å². The van der Waals surface area contributed by atoms with Crippen molar-refractivity contribution in [3.63, 3.8) is 0 Å². The van der Waals surface area contributed by atoms with Crippen molar-refractivity contribution in [1.29, 1.82) is 0 Å². The fourth-order valence-electron chi connectivity index (χ4n) is 7.38. The molecule has 6 heteroatoms. The van der Waals surface area contributed by atoms with Crippen LogP contribution in [0.3, 0.4) is 0 Å². The van der Waals surface area contributed by atoms with Gasteiger partial charge in [0.25, 0.3) is 0 Å². The third-order valence-corrected chi connectivity index (χ3v) is 11.7. The number of hydrogen-bond donors (Lipinski definition) is 0. The number of carbonyl (C=O) groups excluding carboxylic acids is 3. The van der Waals surface area contributed by atoms with Gasteiger partial charge in [0.15, 0.2) is 6.10 Å². The second kappa shape index (κ2) is 60.6. The van der Waals surface area contributed by atoms with Gasteiger partial charge in [-0.05, 0) is 148 Å². The van der Waals surface area contributed by atoms with Crippen LogP contribution in [0.1, 0.15) is 233 Å². The van der Waals surface area contributed by atoms with Crippen molar-refractivity contribution in [3.8, 4) is 0 Å². The highest BCUT2D eigenvalue weighted by molar-refractivity contribution is 5.71. The number of hydrogen-bond acceptors (Lipinski definition) is 6. The summed E-state index contributed by atoms with van der Waals surface area (Å²) >= 11 is 0. The SMILES string of the molecule is CC/C=C\C/C=C\C/C=C\C/C=C\C/C=C\C/C=C\CCCCC(=O)OCC(COC(=O)CCCCCCC/C=C\C/C=C\CCCCCC)OC(=O)CCCCC/C=C\C/C=C\C/C=C\C/C=C\C/C=C\CC. The van der Waals surface area contributed by atoms with Gasteiger partial charge in [0.05, 0.1) is 0 Å². The van der Waals surface area contributed by atoms with Crippen molar-refractivity contribution in [3.05, 3.63) is 158 Å². The van der Waals surface area contributed by atoms with Gasteiger partial charge in [0.2, 0.25) is 0 Å². The van der Waals surface area contributed by atoms with Crippen LogP contribution in [0.4, 0.5) is 0 Å². The van der Waals surface area contributed by atoms with E-state index in [0.717, 1.165) is 148 Å². The quantitative estimate of drug-likeness (QED) is 0.0261. The van der Waals surface area contributed by atoms with Crippen LogP contribution in [-0.2, 0) is 28.6 Å². The standard InChI is InChI=1S/C68H106O6/c1-4-7-10-13-16-19-22-25-28-31-33-34-36-37-40-43-46-49-52-55-58-61-67(70)73-64-65(63-72-66(69)60-57-54-51-48-45-42-39-30-27-24-21-18-15-12-9-6-3)74-68(71)62-59-56-53-50-47-44-41-38-35-32-29-26-23-20-17-14-11-8-5-2/h7-8,10-11,16-17,19-21,24-26,28-30,33-35,37-40,44,46-47,49,65H,4-6,9,12-15,18,22-23,27,31-32,36,41-43,45,48,50-64H2,1-3H3/b10-7-,11-8-,19-16-,20-17-,24-21-,28-25-,29-26-,34-33-,38-35-,39-30-,40-37-,47-44-,49-46-. The molecule has 0 radical (unpaired) electrons. The van der Waals surface area contributed by atoms with E-state index in [4.69, 9.17) is 14.2 Å². The van der Waals surface area contributed by atoms with Crippen molar-refractivity contribution in [1.82, 2.24) is 0 Å². The average Bonchev–Trinajstić information content (AvgIpc) is 3.40. The molecule has 0 aromatic rings. The molecule has 0 aliphatic carbocycles. The Morgan fingerprint density at radius 1 is 0.284 bits per heavy atom. The van der Waals surface area contributed by atoms with Gasteiger partial charge in [-0.3, -0.25) is 14.4 Å². The predicted molar refractivity (Wildman–Crippen MR) is 320 cm³/mol. The number of rotatable bonds is 51. The Bertz CT molecular complexity index is 1690. The number of allylic oxidation sites excluding steroid dienone is 26. The summed E-state index contributed by atoms with van der Waals surface area (Å²) in [5.74, 6) is -1.02. The minimum Gasteiger partial charge on any atom is -0.462 e. The lowest BCUT2D eigenvalue weighted by molar-refractivity contribution is -0.167. The molecule has 414 valence electrons. The molecular weight excluding hydrogens is 913 g/mol. The molecule has 0 aromatic heterocycles. The topological polar surface area (TPSA) is 78.9 Å². The molecule has 0 heterocycles. The summed E-state index contributed by atoms with van der Waals surface area (Å²) in [6, 6.07) is 0. The van der Waals surface area contributed by atoms with E-state index >= 15 is 0 Å². The molecule has 0 spiro atoms. The first-order valence-electron chi connectivity index (χ1n) is 29.5. The van der Waals surface area contributed by atoms with Crippen LogP contribution in [0.5, 0.6) is 0 Å². The van der Waals surface area contributed by atoms with E-state index in [1.54, 1.807) is 0 Å². The van der Waals surface area contributed by atoms with Crippen molar-refractivity contribution in [2.24, 2.45) is 0 Å². The summed E-state index contributed by atoms with van der Waals surface area (Å²) < 4.78 is 16.8. The highest BCUT2D eigenvalue weighted by Gasteiger charge is 2.19. The van der Waals surface area contributed by atoms with Gasteiger partial charge < -0.3 is 14.2 Å². The Morgan fingerprint density at radius 3 is 0.865 bits per heavy atom. The minimum absolute atomic E-state index is 0.120. The average molecular weight is 1020 g/mol. The molecular formula is C68H106O6. The van der Waals surface area contributed by atoms with E-state index in [0.29, 0.717) is 19.3 Å². The van der Waals surface area contributed by atoms with Crippen LogP contribution in [-0.4, -0.2) is 37.2 Å². The highest BCUT2D eigenvalue weighted by atomic mass is 16.6. The van der Waals surface area contributed by atoms with E-state index in [1.165, 1.54) is 32.1 Å². The van der Waals surface area contributed by atoms with Gasteiger partial charge in [-0.1, -0.05) is 224 Å². The summed E-state index contributed by atoms with van der Waals surface area (Å²) in [7, 11) is 0. The first-order chi connectivity index (χ1) is 36.5. The van der Waals surface area contributed by atoms with Gasteiger partial charge >= 0.3 is 17.9 Å². The summed E-state index contributed by atoms with van der Waals surface area (Å²) in [5.41, 5.74) is 0. The van der Waals surface area contributed by atoms with Crippen LogP contribution in [0.2, 0.25) is 0 Å². The number of unbranched alkanes of at least 4 members (excludes halogenated alkanes) is 14. The third-order valence-electron chi connectivity index (χ3n) is 11.7. The lowest BCUT2D eigenvalue weighted by atomic mass is 10.1. The third kappa shape index (κ3) is 57.9. The largest absolute Gasteiger partial charge is 0.462 e. The molecule has 1 unspecified atom stereocenters. The van der Waals surface area contributed by atoms with Crippen LogP contribution in [0, 0.1) is 0 Å². The lowest BCUT2D eigenvalue weighted by Gasteiger charge is -2.18. The van der Waals surface area contributed by atoms with Crippen LogP contribution >= 0.6 is 0 Å². The smallest absolute Gasteiger partial charge is 0.306 e. The second-order valence-electron chi connectivity index (χ2n) is 18.8. The summed E-state index contributed by atoms with van der Waals surface area (Å²) in [4.78, 5) is 38.2. The lowest BCUT2D eigenvalue weighted by Crippen LogP contribution is -2.30. The van der Waals surface area contributed by atoms with Crippen LogP contribution in [0.15, 0.2) is 158 Å². The number of esters is 3. The molecule has 0 amide bonds. The van der Waals surface area contributed by atoms with E-state index < -0.39 is 6.10 Å². The maximum atomic E-state index is 12.9. The Morgan fingerprint density at radius 2 is 0.527 bits per heavy atom. The fourth-order valence-corrected chi connectivity index (χ4v) is 7.38. The summed E-state index contributed by atoms with van der Waals surface area (Å²) in [6.07, 6.45) is 88.0. The van der Waals surface area contributed by atoms with E-state index in [1.807, 2.05) is 0 Å². The molecule has 0 aliphatic rings. The minimum atomic E-state index is -0.829. The number of ether oxygens (including phenoxy) is 3. The van der Waals surface area contributed by atoms with Gasteiger partial charge in [0, 0.05) is 19.3 Å². The van der Waals surface area contributed by atoms with Gasteiger partial charge in [0.1, 0.15) is 13.2 Å². The van der Waals surface area contributed by atoms with Crippen molar-refractivity contribution < 1.29 is 28.6 Å². The van der Waals surface area contributed by atoms with Gasteiger partial charge in [-0.2, -0.15) is 0 Å². The monoisotopic (exact) mass is 1020 g/mol. The maximum absolute atomic E-state index is 12.9. The molecule has 0 rings (SSSR count). The maximum Gasteiger partial charge on any atom is 0.306 e. The van der Waals surface area contributed by atoms with E-state index in [2.05, 4.69) is 179 Å².